The first-order valence-electron chi connectivity index (χ1n) is 6.02. The SMILES string of the molecule is CCNC(Cc1cccc(Br)c1)c1cncnc1. The van der Waals surface area contributed by atoms with Crippen LogP contribution in [-0.2, 0) is 6.42 Å². The zero-order valence-corrected chi connectivity index (χ0v) is 11.9. The number of halogens is 1. The Bertz CT molecular complexity index is 487. The van der Waals surface area contributed by atoms with Crippen LogP contribution in [0.2, 0.25) is 0 Å². The van der Waals surface area contributed by atoms with Crippen molar-refractivity contribution in [3.63, 3.8) is 0 Å². The van der Waals surface area contributed by atoms with Crippen LogP contribution in [0.4, 0.5) is 0 Å². The van der Waals surface area contributed by atoms with E-state index in [0.717, 1.165) is 23.0 Å². The molecule has 18 heavy (non-hydrogen) atoms. The largest absolute Gasteiger partial charge is 0.310 e. The minimum Gasteiger partial charge on any atom is -0.310 e. The molecular weight excluding hydrogens is 290 g/mol. The zero-order valence-electron chi connectivity index (χ0n) is 10.3. The van der Waals surface area contributed by atoms with E-state index < -0.39 is 0 Å². The van der Waals surface area contributed by atoms with Gasteiger partial charge in [0.1, 0.15) is 6.33 Å². The second-order valence-corrected chi connectivity index (χ2v) is 5.03. The molecule has 1 unspecified atom stereocenters. The summed E-state index contributed by atoms with van der Waals surface area (Å²) in [7, 11) is 0. The van der Waals surface area contributed by atoms with Gasteiger partial charge in [0, 0.05) is 28.5 Å². The first kappa shape index (κ1) is 13.2. The summed E-state index contributed by atoms with van der Waals surface area (Å²) >= 11 is 3.50. The van der Waals surface area contributed by atoms with Crippen LogP contribution in [0.1, 0.15) is 24.1 Å². The van der Waals surface area contributed by atoms with E-state index in [-0.39, 0.29) is 6.04 Å². The number of benzene rings is 1. The van der Waals surface area contributed by atoms with Crippen LogP contribution in [0.15, 0.2) is 47.5 Å². The molecule has 2 aromatic rings. The maximum atomic E-state index is 4.09. The van der Waals surface area contributed by atoms with E-state index >= 15 is 0 Å². The van der Waals surface area contributed by atoms with Crippen molar-refractivity contribution in [2.45, 2.75) is 19.4 Å². The molecule has 94 valence electrons. The van der Waals surface area contributed by atoms with Gasteiger partial charge >= 0.3 is 0 Å². The molecule has 0 amide bonds. The Morgan fingerprint density at radius 2 is 2.06 bits per heavy atom. The van der Waals surface area contributed by atoms with E-state index in [0.29, 0.717) is 0 Å². The fourth-order valence-corrected chi connectivity index (χ4v) is 2.39. The molecule has 0 aliphatic carbocycles. The standard InChI is InChI=1S/C14H16BrN3/c1-2-18-14(12-8-16-10-17-9-12)7-11-4-3-5-13(15)6-11/h3-6,8-10,14,18H,2,7H2,1H3. The van der Waals surface area contributed by atoms with Gasteiger partial charge in [0.25, 0.3) is 0 Å². The third kappa shape index (κ3) is 3.62. The number of nitrogens with one attached hydrogen (secondary N) is 1. The lowest BCUT2D eigenvalue weighted by molar-refractivity contribution is 0.546. The van der Waals surface area contributed by atoms with Gasteiger partial charge in [0.2, 0.25) is 0 Å². The van der Waals surface area contributed by atoms with E-state index in [1.807, 2.05) is 18.5 Å². The molecule has 4 heteroatoms. The lowest BCUT2D eigenvalue weighted by Crippen LogP contribution is -2.23. The molecule has 0 radical (unpaired) electrons. The summed E-state index contributed by atoms with van der Waals surface area (Å²) in [6.45, 7) is 3.03. The molecule has 0 spiro atoms. The topological polar surface area (TPSA) is 37.8 Å². The summed E-state index contributed by atoms with van der Waals surface area (Å²) < 4.78 is 1.11. The van der Waals surface area contributed by atoms with Gasteiger partial charge in [0.05, 0.1) is 0 Å². The molecule has 2 rings (SSSR count). The molecule has 1 aromatic heterocycles. The van der Waals surface area contributed by atoms with Crippen molar-refractivity contribution in [1.29, 1.82) is 0 Å². The Morgan fingerprint density at radius 3 is 2.72 bits per heavy atom. The molecule has 3 nitrogen and oxygen atoms in total. The van der Waals surface area contributed by atoms with Crippen LogP contribution >= 0.6 is 15.9 Å². The van der Waals surface area contributed by atoms with Gasteiger partial charge in [-0.1, -0.05) is 35.0 Å². The maximum absolute atomic E-state index is 4.09. The normalized spacial score (nSPS) is 12.3. The predicted octanol–water partition coefficient (Wildman–Crippen LogP) is 3.13. The highest BCUT2D eigenvalue weighted by atomic mass is 79.9. The van der Waals surface area contributed by atoms with Crippen molar-refractivity contribution in [3.8, 4) is 0 Å². The van der Waals surface area contributed by atoms with Crippen LogP contribution in [0.25, 0.3) is 0 Å². The number of hydrogen-bond donors (Lipinski definition) is 1. The average Bonchev–Trinajstić information content (AvgIpc) is 2.39. The van der Waals surface area contributed by atoms with Crippen molar-refractivity contribution in [2.24, 2.45) is 0 Å². The second kappa shape index (κ2) is 6.61. The monoisotopic (exact) mass is 305 g/mol. The Morgan fingerprint density at radius 1 is 1.28 bits per heavy atom. The molecular formula is C14H16BrN3. The van der Waals surface area contributed by atoms with Gasteiger partial charge in [0.15, 0.2) is 0 Å². The summed E-state index contributed by atoms with van der Waals surface area (Å²) in [4.78, 5) is 8.17. The quantitative estimate of drug-likeness (QED) is 0.922. The molecule has 0 saturated heterocycles. The minimum atomic E-state index is 0.255. The smallest absolute Gasteiger partial charge is 0.115 e. The molecule has 1 aromatic carbocycles. The lowest BCUT2D eigenvalue weighted by atomic mass is 10.0. The average molecular weight is 306 g/mol. The van der Waals surface area contributed by atoms with Gasteiger partial charge in [-0.2, -0.15) is 0 Å². The third-order valence-corrected chi connectivity index (χ3v) is 3.26. The predicted molar refractivity (Wildman–Crippen MR) is 76.3 cm³/mol. The molecule has 0 aliphatic rings. The van der Waals surface area contributed by atoms with Gasteiger partial charge in [-0.05, 0) is 30.7 Å². The van der Waals surface area contributed by atoms with E-state index in [9.17, 15) is 0 Å². The molecule has 1 atom stereocenters. The third-order valence-electron chi connectivity index (χ3n) is 2.76. The zero-order chi connectivity index (χ0) is 12.8. The summed E-state index contributed by atoms with van der Waals surface area (Å²) in [5.74, 6) is 0. The van der Waals surface area contributed by atoms with Crippen LogP contribution in [-0.4, -0.2) is 16.5 Å². The number of likely N-dealkylation sites (N-methyl/N-ethyl adjacent to an activating group) is 1. The summed E-state index contributed by atoms with van der Waals surface area (Å²) in [5, 5.41) is 3.47. The molecule has 0 aliphatic heterocycles. The van der Waals surface area contributed by atoms with Crippen molar-refractivity contribution < 1.29 is 0 Å². The Hall–Kier alpha value is -1.26. The van der Waals surface area contributed by atoms with E-state index in [1.54, 1.807) is 6.33 Å². The molecule has 0 saturated carbocycles. The second-order valence-electron chi connectivity index (χ2n) is 4.12. The summed E-state index contributed by atoms with van der Waals surface area (Å²) in [6.07, 6.45) is 6.24. The lowest BCUT2D eigenvalue weighted by Gasteiger charge is -2.17. The Labute approximate surface area is 116 Å². The van der Waals surface area contributed by atoms with Crippen LogP contribution in [0.5, 0.6) is 0 Å². The fraction of sp³-hybridized carbons (Fsp3) is 0.286. The van der Waals surface area contributed by atoms with Gasteiger partial charge < -0.3 is 5.32 Å². The fourth-order valence-electron chi connectivity index (χ4n) is 1.94. The number of aromatic nitrogens is 2. The van der Waals surface area contributed by atoms with Crippen molar-refractivity contribution in [2.75, 3.05) is 6.54 Å². The van der Waals surface area contributed by atoms with Gasteiger partial charge in [-0.15, -0.1) is 0 Å². The van der Waals surface area contributed by atoms with Crippen molar-refractivity contribution >= 4 is 15.9 Å². The van der Waals surface area contributed by atoms with Crippen molar-refractivity contribution in [1.82, 2.24) is 15.3 Å². The van der Waals surface area contributed by atoms with E-state index in [1.165, 1.54) is 5.56 Å². The van der Waals surface area contributed by atoms with E-state index in [2.05, 4.69) is 56.3 Å². The maximum Gasteiger partial charge on any atom is 0.115 e. The van der Waals surface area contributed by atoms with Crippen LogP contribution in [0.3, 0.4) is 0 Å². The van der Waals surface area contributed by atoms with Crippen molar-refractivity contribution in [3.05, 3.63) is 58.6 Å². The summed E-state index contributed by atoms with van der Waals surface area (Å²) in [5.41, 5.74) is 2.42. The molecule has 1 N–H and O–H groups in total. The van der Waals surface area contributed by atoms with Gasteiger partial charge in [-0.3, -0.25) is 0 Å². The highest BCUT2D eigenvalue weighted by Crippen LogP contribution is 2.19. The minimum absolute atomic E-state index is 0.255. The first-order chi connectivity index (χ1) is 8.79. The van der Waals surface area contributed by atoms with Gasteiger partial charge in [-0.25, -0.2) is 9.97 Å². The molecule has 1 heterocycles. The first-order valence-corrected chi connectivity index (χ1v) is 6.81. The Kier molecular flexibility index (Phi) is 4.84. The van der Waals surface area contributed by atoms with Crippen LogP contribution in [0, 0.1) is 0 Å². The molecule has 0 fully saturated rings. The Balaban J connectivity index is 2.16. The highest BCUT2D eigenvalue weighted by Gasteiger charge is 2.11. The number of rotatable bonds is 5. The summed E-state index contributed by atoms with van der Waals surface area (Å²) in [6, 6.07) is 8.64. The van der Waals surface area contributed by atoms with Crippen LogP contribution < -0.4 is 5.32 Å². The molecule has 0 bridgehead atoms. The number of nitrogens with zero attached hydrogens (tertiary/aromatic N) is 2. The highest BCUT2D eigenvalue weighted by molar-refractivity contribution is 9.10. The number of hydrogen-bond acceptors (Lipinski definition) is 3. The van der Waals surface area contributed by atoms with E-state index in [4.69, 9.17) is 0 Å².